The molecule has 0 nitrogen and oxygen atoms in total. The number of rotatable bonds is 9. The van der Waals surface area contributed by atoms with Gasteiger partial charge in [0, 0.05) is 5.57 Å². The van der Waals surface area contributed by atoms with Crippen LogP contribution in [-0.4, -0.2) is 0 Å². The van der Waals surface area contributed by atoms with Crippen LogP contribution in [0.4, 0.5) is 0 Å². The Kier molecular flexibility index (Phi) is 6.91. The molecule has 0 heteroatoms. The highest BCUT2D eigenvalue weighted by atomic mass is 14.2. The molecule has 0 spiro atoms. The molecule has 0 aliphatic heterocycles. The van der Waals surface area contributed by atoms with Crippen molar-refractivity contribution >= 4 is 5.57 Å². The summed E-state index contributed by atoms with van der Waals surface area (Å²) < 4.78 is 0. The Labute approximate surface area is 165 Å². The number of hydrogen-bond acceptors (Lipinski definition) is 0. The second-order valence-electron chi connectivity index (χ2n) is 7.98. The lowest BCUT2D eigenvalue weighted by atomic mass is 9.91. The van der Waals surface area contributed by atoms with Gasteiger partial charge in [-0.25, -0.2) is 0 Å². The van der Waals surface area contributed by atoms with Crippen LogP contribution < -0.4 is 0 Å². The Morgan fingerprint density at radius 1 is 0.889 bits per heavy atom. The molecule has 0 amide bonds. The van der Waals surface area contributed by atoms with Crippen LogP contribution in [0, 0.1) is 5.92 Å². The van der Waals surface area contributed by atoms with Gasteiger partial charge in [0.15, 0.2) is 0 Å². The Hall–Kier alpha value is -2.30. The second-order valence-corrected chi connectivity index (χ2v) is 7.98. The Morgan fingerprint density at radius 3 is 2.44 bits per heavy atom. The summed E-state index contributed by atoms with van der Waals surface area (Å²) >= 11 is 0. The molecule has 2 aromatic rings. The van der Waals surface area contributed by atoms with Gasteiger partial charge in [-0.15, -0.1) is 5.73 Å². The van der Waals surface area contributed by atoms with Gasteiger partial charge in [0.2, 0.25) is 0 Å². The van der Waals surface area contributed by atoms with Crippen molar-refractivity contribution in [1.29, 1.82) is 0 Å². The van der Waals surface area contributed by atoms with E-state index in [4.69, 9.17) is 0 Å². The minimum atomic E-state index is 0.795. The topological polar surface area (TPSA) is 0 Å². The van der Waals surface area contributed by atoms with Gasteiger partial charge in [-0.1, -0.05) is 75.7 Å². The predicted molar refractivity (Wildman–Crippen MR) is 118 cm³/mol. The normalized spacial score (nSPS) is 13.2. The number of allylic oxidation sites excluding steroid dienone is 3. The van der Waals surface area contributed by atoms with Crippen LogP contribution >= 0.6 is 0 Å². The molecule has 2 aromatic carbocycles. The molecule has 0 saturated carbocycles. The smallest absolute Gasteiger partial charge is 0.00216 e. The van der Waals surface area contributed by atoms with Gasteiger partial charge in [-0.3, -0.25) is 0 Å². The van der Waals surface area contributed by atoms with Gasteiger partial charge in [-0.2, -0.15) is 0 Å². The van der Waals surface area contributed by atoms with Crippen LogP contribution in [0.25, 0.3) is 5.57 Å². The summed E-state index contributed by atoms with van der Waals surface area (Å²) in [7, 11) is 0. The van der Waals surface area contributed by atoms with Crippen molar-refractivity contribution in [2.75, 3.05) is 0 Å². The zero-order valence-corrected chi connectivity index (χ0v) is 17.1. The maximum atomic E-state index is 3.47. The van der Waals surface area contributed by atoms with E-state index in [-0.39, 0.29) is 0 Å². The van der Waals surface area contributed by atoms with E-state index in [0.29, 0.717) is 0 Å². The zero-order valence-electron chi connectivity index (χ0n) is 17.1. The SMILES string of the molecule is CCc1ccc(CCCC(C)C)cc1CCC1=C=CC=C1c1ccccc1. The van der Waals surface area contributed by atoms with E-state index in [1.165, 1.54) is 52.7 Å². The van der Waals surface area contributed by atoms with Crippen LogP contribution in [0.3, 0.4) is 0 Å². The summed E-state index contributed by atoms with van der Waals surface area (Å²) in [6, 6.07) is 17.8. The highest BCUT2D eigenvalue weighted by molar-refractivity contribution is 5.82. The van der Waals surface area contributed by atoms with Gasteiger partial charge in [0.25, 0.3) is 0 Å². The molecule has 0 bridgehead atoms. The fourth-order valence-electron chi connectivity index (χ4n) is 3.89. The molecule has 0 heterocycles. The monoisotopic (exact) mass is 356 g/mol. The molecule has 0 saturated heterocycles. The van der Waals surface area contributed by atoms with Crippen LogP contribution in [0.15, 0.2) is 72.0 Å². The molecule has 27 heavy (non-hydrogen) atoms. The molecular weight excluding hydrogens is 324 g/mol. The van der Waals surface area contributed by atoms with E-state index in [9.17, 15) is 0 Å². The van der Waals surface area contributed by atoms with Gasteiger partial charge in [0.1, 0.15) is 0 Å². The third-order valence-corrected chi connectivity index (χ3v) is 5.46. The van der Waals surface area contributed by atoms with Gasteiger partial charge >= 0.3 is 0 Å². The zero-order chi connectivity index (χ0) is 19.1. The molecule has 0 radical (unpaired) electrons. The largest absolute Gasteiger partial charge is 0.117 e. The molecule has 1 aliphatic rings. The summed E-state index contributed by atoms with van der Waals surface area (Å²) in [5.74, 6) is 0.795. The fraction of sp³-hybridized carbons (Fsp3) is 0.370. The first-order valence-corrected chi connectivity index (χ1v) is 10.5. The van der Waals surface area contributed by atoms with Crippen LogP contribution in [0.2, 0.25) is 0 Å². The van der Waals surface area contributed by atoms with Crippen molar-refractivity contribution in [2.45, 2.75) is 59.3 Å². The summed E-state index contributed by atoms with van der Waals surface area (Å²) in [6.07, 6.45) is 11.3. The molecule has 0 N–H and O–H groups in total. The van der Waals surface area contributed by atoms with Crippen molar-refractivity contribution in [2.24, 2.45) is 5.92 Å². The van der Waals surface area contributed by atoms with Crippen LogP contribution in [-0.2, 0) is 19.3 Å². The third kappa shape index (κ3) is 5.34. The number of aryl methyl sites for hydroxylation is 3. The van der Waals surface area contributed by atoms with E-state index in [0.717, 1.165) is 25.2 Å². The second kappa shape index (κ2) is 9.58. The highest BCUT2D eigenvalue weighted by Gasteiger charge is 2.12. The van der Waals surface area contributed by atoms with Gasteiger partial charge in [0.05, 0.1) is 0 Å². The van der Waals surface area contributed by atoms with E-state index in [1.54, 1.807) is 0 Å². The molecular formula is C27H32. The fourth-order valence-corrected chi connectivity index (χ4v) is 3.89. The highest BCUT2D eigenvalue weighted by Crippen LogP contribution is 2.29. The first kappa shape index (κ1) is 19.5. The summed E-state index contributed by atoms with van der Waals surface area (Å²) in [6.45, 7) is 6.89. The van der Waals surface area contributed by atoms with Gasteiger partial charge < -0.3 is 0 Å². The molecule has 3 rings (SSSR count). The Balaban J connectivity index is 1.68. The standard InChI is InChI=1S/C27H32/c1-4-23-17-16-22(11-8-10-21(2)3)20-26(23)19-18-25-14-9-15-27(25)24-12-6-5-7-13-24/h5-7,9,12-13,15-17,20-21H,4,8,10-11,18-19H2,1-3H3. The molecule has 0 unspecified atom stereocenters. The third-order valence-electron chi connectivity index (χ3n) is 5.46. The van der Waals surface area contributed by atoms with E-state index in [1.807, 2.05) is 0 Å². The average molecular weight is 357 g/mol. The predicted octanol–water partition coefficient (Wildman–Crippen LogP) is 7.34. The van der Waals surface area contributed by atoms with Crippen molar-refractivity contribution in [3.63, 3.8) is 0 Å². The first-order chi connectivity index (χ1) is 13.2. The molecule has 0 fully saturated rings. The Morgan fingerprint density at radius 2 is 1.70 bits per heavy atom. The molecule has 1 aliphatic carbocycles. The molecule has 0 atom stereocenters. The maximum Gasteiger partial charge on any atom is 0.00216 e. The summed E-state index contributed by atoms with van der Waals surface area (Å²) in [4.78, 5) is 0. The quantitative estimate of drug-likeness (QED) is 0.412. The van der Waals surface area contributed by atoms with Crippen molar-refractivity contribution in [3.8, 4) is 0 Å². The van der Waals surface area contributed by atoms with Crippen LogP contribution in [0.1, 0.15) is 62.3 Å². The summed E-state index contributed by atoms with van der Waals surface area (Å²) in [5.41, 5.74) is 12.0. The number of benzene rings is 2. The Bertz CT molecular complexity index is 843. The minimum Gasteiger partial charge on any atom is -0.117 e. The molecule has 140 valence electrons. The minimum absolute atomic E-state index is 0.795. The first-order valence-electron chi connectivity index (χ1n) is 10.5. The van der Waals surface area contributed by atoms with Crippen molar-refractivity contribution in [1.82, 2.24) is 0 Å². The lowest BCUT2D eigenvalue weighted by Gasteiger charge is -2.13. The van der Waals surface area contributed by atoms with Crippen molar-refractivity contribution < 1.29 is 0 Å². The lowest BCUT2D eigenvalue weighted by molar-refractivity contribution is 0.555. The lowest BCUT2D eigenvalue weighted by Crippen LogP contribution is -1.99. The van der Waals surface area contributed by atoms with Crippen LogP contribution in [0.5, 0.6) is 0 Å². The summed E-state index contributed by atoms with van der Waals surface area (Å²) in [5, 5.41) is 0. The van der Waals surface area contributed by atoms with Crippen molar-refractivity contribution in [3.05, 3.63) is 94.2 Å². The molecule has 0 aromatic heterocycles. The van der Waals surface area contributed by atoms with E-state index >= 15 is 0 Å². The van der Waals surface area contributed by atoms with Gasteiger partial charge in [-0.05, 0) is 78.0 Å². The van der Waals surface area contributed by atoms with E-state index in [2.05, 4.69) is 87.2 Å². The maximum absolute atomic E-state index is 3.47. The van der Waals surface area contributed by atoms with E-state index < -0.39 is 0 Å². The average Bonchev–Trinajstić information content (AvgIpc) is 3.15. The number of hydrogen-bond donors (Lipinski definition) is 0.